The van der Waals surface area contributed by atoms with E-state index in [1.807, 2.05) is 0 Å². The fourth-order valence-electron chi connectivity index (χ4n) is 2.07. The Kier molecular flexibility index (Phi) is 4.86. The molecule has 0 aliphatic heterocycles. The lowest BCUT2D eigenvalue weighted by Crippen LogP contribution is -2.27. The average molecular weight is 348 g/mol. The van der Waals surface area contributed by atoms with E-state index in [9.17, 15) is 26.7 Å². The van der Waals surface area contributed by atoms with Crippen LogP contribution in [-0.4, -0.2) is 20.7 Å². The van der Waals surface area contributed by atoms with Gasteiger partial charge in [0.05, 0.1) is 17.8 Å². The topological polar surface area (TPSA) is 59.8 Å². The van der Waals surface area contributed by atoms with Crippen molar-refractivity contribution in [2.45, 2.75) is 25.6 Å². The Bertz CT molecular complexity index is 724. The monoisotopic (exact) mass is 348 g/mol. The van der Waals surface area contributed by atoms with Crippen LogP contribution in [0, 0.1) is 0 Å². The normalized spacial score (nSPS) is 13.2. The van der Waals surface area contributed by atoms with Gasteiger partial charge in [0.15, 0.2) is 0 Å². The van der Waals surface area contributed by atoms with Gasteiger partial charge in [-0.1, -0.05) is 6.07 Å². The van der Waals surface area contributed by atoms with Crippen LogP contribution in [0.5, 0.6) is 0 Å². The predicted molar refractivity (Wildman–Crippen MR) is 73.3 cm³/mol. The van der Waals surface area contributed by atoms with E-state index in [2.05, 4.69) is 15.4 Å². The fourth-order valence-corrected chi connectivity index (χ4v) is 2.07. The van der Waals surface area contributed by atoms with E-state index >= 15 is 0 Å². The van der Waals surface area contributed by atoms with Crippen LogP contribution in [0.25, 0.3) is 0 Å². The molecule has 0 fully saturated rings. The summed E-state index contributed by atoms with van der Waals surface area (Å²) in [6, 6.07) is 1.23. The first-order chi connectivity index (χ1) is 11.1. The summed E-state index contributed by atoms with van der Waals surface area (Å²) in [7, 11) is 1.28. The average Bonchev–Trinajstić information content (AvgIpc) is 2.88. The van der Waals surface area contributed by atoms with Crippen molar-refractivity contribution >= 4 is 5.91 Å². The molecule has 2 aromatic rings. The molecule has 10 heteroatoms. The summed E-state index contributed by atoms with van der Waals surface area (Å²) < 4.78 is 64.2. The minimum atomic E-state index is -4.56. The third-order valence-electron chi connectivity index (χ3n) is 3.36. The number of rotatable bonds is 4. The van der Waals surface area contributed by atoms with Gasteiger partial charge in [-0.15, -0.1) is 0 Å². The molecule has 0 aromatic carbocycles. The lowest BCUT2D eigenvalue weighted by molar-refractivity contribution is -0.141. The molecule has 0 saturated heterocycles. The largest absolute Gasteiger partial charge is 0.433 e. The molecule has 5 nitrogen and oxygen atoms in total. The van der Waals surface area contributed by atoms with Gasteiger partial charge in [0.25, 0.3) is 12.3 Å². The number of carbonyl (C=O) groups is 1. The zero-order valence-electron chi connectivity index (χ0n) is 12.6. The summed E-state index contributed by atoms with van der Waals surface area (Å²) in [4.78, 5) is 15.4. The van der Waals surface area contributed by atoms with Gasteiger partial charge in [-0.25, -0.2) is 8.78 Å². The second-order valence-electron chi connectivity index (χ2n) is 5.04. The standard InChI is InChI=1S/C14H13F5N4O/c1-7(8-3-4-10(20-5-8)14(17,18)19)22-13(24)9-6-21-23(2)11(9)12(15)16/h3-7,12H,1-2H3,(H,22,24)/t7-/m0/s1. The van der Waals surface area contributed by atoms with Crippen LogP contribution in [0.2, 0.25) is 0 Å². The summed E-state index contributed by atoms with van der Waals surface area (Å²) in [6.45, 7) is 1.50. The minimum Gasteiger partial charge on any atom is -0.345 e. The number of amides is 1. The number of nitrogens with zero attached hydrogens (tertiary/aromatic N) is 3. The minimum absolute atomic E-state index is 0.292. The Labute approximate surface area is 133 Å². The van der Waals surface area contributed by atoms with E-state index in [-0.39, 0.29) is 5.56 Å². The number of alkyl halides is 5. The molecule has 2 rings (SSSR count). The van der Waals surface area contributed by atoms with E-state index in [1.165, 1.54) is 14.0 Å². The number of nitrogens with one attached hydrogen (secondary N) is 1. The van der Waals surface area contributed by atoms with Crippen molar-refractivity contribution in [1.29, 1.82) is 0 Å². The molecule has 0 spiro atoms. The van der Waals surface area contributed by atoms with Crippen molar-refractivity contribution in [3.8, 4) is 0 Å². The lowest BCUT2D eigenvalue weighted by atomic mass is 10.1. The van der Waals surface area contributed by atoms with Crippen LogP contribution in [0.15, 0.2) is 24.5 Å². The van der Waals surface area contributed by atoms with Crippen LogP contribution in [0.4, 0.5) is 22.0 Å². The Hall–Kier alpha value is -2.52. The number of aryl methyl sites for hydroxylation is 1. The van der Waals surface area contributed by atoms with Crippen molar-refractivity contribution < 1.29 is 26.7 Å². The molecular formula is C14H13F5N4O. The zero-order valence-corrected chi connectivity index (χ0v) is 12.6. The molecule has 2 heterocycles. The molecule has 0 radical (unpaired) electrons. The molecule has 1 N–H and O–H groups in total. The Morgan fingerprint density at radius 1 is 1.25 bits per heavy atom. The molecule has 1 atom stereocenters. The molecule has 0 unspecified atom stereocenters. The van der Waals surface area contributed by atoms with Gasteiger partial charge in [0.1, 0.15) is 11.4 Å². The summed E-state index contributed by atoms with van der Waals surface area (Å²) in [5.41, 5.74) is -1.58. The quantitative estimate of drug-likeness (QED) is 0.863. The molecule has 0 bridgehead atoms. The van der Waals surface area contributed by atoms with Gasteiger partial charge < -0.3 is 5.32 Å². The van der Waals surface area contributed by atoms with E-state index < -0.39 is 35.9 Å². The van der Waals surface area contributed by atoms with Crippen molar-refractivity contribution in [2.24, 2.45) is 7.05 Å². The van der Waals surface area contributed by atoms with Crippen LogP contribution in [-0.2, 0) is 13.2 Å². The van der Waals surface area contributed by atoms with Gasteiger partial charge in [0.2, 0.25) is 0 Å². The van der Waals surface area contributed by atoms with Gasteiger partial charge >= 0.3 is 6.18 Å². The maximum absolute atomic E-state index is 12.9. The van der Waals surface area contributed by atoms with Gasteiger partial charge in [0, 0.05) is 13.2 Å². The lowest BCUT2D eigenvalue weighted by Gasteiger charge is -2.15. The fraction of sp³-hybridized carbons (Fsp3) is 0.357. The van der Waals surface area contributed by atoms with Gasteiger partial charge in [-0.3, -0.25) is 14.5 Å². The van der Waals surface area contributed by atoms with E-state index in [1.54, 1.807) is 0 Å². The number of hydrogen-bond acceptors (Lipinski definition) is 3. The molecule has 0 aliphatic carbocycles. The molecule has 0 saturated carbocycles. The van der Waals surface area contributed by atoms with Gasteiger partial charge in [-0.05, 0) is 18.6 Å². The van der Waals surface area contributed by atoms with Crippen LogP contribution >= 0.6 is 0 Å². The van der Waals surface area contributed by atoms with Crippen molar-refractivity contribution in [1.82, 2.24) is 20.1 Å². The number of aromatic nitrogens is 3. The number of carbonyl (C=O) groups excluding carboxylic acids is 1. The summed E-state index contributed by atoms with van der Waals surface area (Å²) in [6.07, 6.45) is -5.46. The van der Waals surface area contributed by atoms with Crippen molar-refractivity contribution in [2.75, 3.05) is 0 Å². The SMILES string of the molecule is C[C@H](NC(=O)c1cnn(C)c1C(F)F)c1ccc(C(F)(F)F)nc1. The molecule has 2 aromatic heterocycles. The van der Waals surface area contributed by atoms with Crippen LogP contribution in [0.1, 0.15) is 46.7 Å². The van der Waals surface area contributed by atoms with Crippen molar-refractivity contribution in [3.05, 3.63) is 47.0 Å². The summed E-state index contributed by atoms with van der Waals surface area (Å²) >= 11 is 0. The van der Waals surface area contributed by atoms with E-state index in [0.717, 1.165) is 29.2 Å². The highest BCUT2D eigenvalue weighted by Gasteiger charge is 2.32. The summed E-state index contributed by atoms with van der Waals surface area (Å²) in [5, 5.41) is 6.05. The smallest absolute Gasteiger partial charge is 0.345 e. The highest BCUT2D eigenvalue weighted by atomic mass is 19.4. The first-order valence-corrected chi connectivity index (χ1v) is 6.75. The molecule has 24 heavy (non-hydrogen) atoms. The highest BCUT2D eigenvalue weighted by Crippen LogP contribution is 2.28. The van der Waals surface area contributed by atoms with E-state index in [4.69, 9.17) is 0 Å². The van der Waals surface area contributed by atoms with Crippen LogP contribution in [0.3, 0.4) is 0 Å². The second kappa shape index (κ2) is 6.54. The van der Waals surface area contributed by atoms with Gasteiger partial charge in [-0.2, -0.15) is 18.3 Å². The van der Waals surface area contributed by atoms with E-state index in [0.29, 0.717) is 5.56 Å². The Balaban J connectivity index is 2.15. The third kappa shape index (κ3) is 3.69. The molecule has 1 amide bonds. The maximum Gasteiger partial charge on any atom is 0.433 e. The van der Waals surface area contributed by atoms with Crippen molar-refractivity contribution in [3.63, 3.8) is 0 Å². The molecular weight excluding hydrogens is 335 g/mol. The Morgan fingerprint density at radius 3 is 2.42 bits per heavy atom. The number of hydrogen-bond donors (Lipinski definition) is 1. The Morgan fingerprint density at radius 2 is 1.92 bits per heavy atom. The second-order valence-corrected chi connectivity index (χ2v) is 5.04. The maximum atomic E-state index is 12.9. The number of halogens is 5. The predicted octanol–water partition coefficient (Wildman–Crippen LogP) is 3.26. The summed E-state index contributed by atoms with van der Waals surface area (Å²) in [5.74, 6) is -0.800. The third-order valence-corrected chi connectivity index (χ3v) is 3.36. The molecule has 0 aliphatic rings. The number of pyridine rings is 1. The zero-order chi connectivity index (χ0) is 18.1. The molecule has 130 valence electrons. The first-order valence-electron chi connectivity index (χ1n) is 6.75. The highest BCUT2D eigenvalue weighted by molar-refractivity contribution is 5.95. The first kappa shape index (κ1) is 17.8. The van der Waals surface area contributed by atoms with Crippen LogP contribution < -0.4 is 5.32 Å².